The highest BCUT2D eigenvalue weighted by Gasteiger charge is 2.17. The molecular weight excluding hydrogens is 255 g/mol. The first kappa shape index (κ1) is 14.8. The lowest BCUT2D eigenvalue weighted by atomic mass is 10.0. The standard InChI is InChI=1S/C13H19ClN2.ClH/c1-15-13-5-7-16(8-6-13)10-11-3-2-4-12(14)9-11;/h2-4,9,13,15H,5-8,10H2,1H3;1H. The van der Waals surface area contributed by atoms with Crippen molar-refractivity contribution in [2.75, 3.05) is 20.1 Å². The first-order valence-corrected chi connectivity index (χ1v) is 6.30. The molecule has 1 N–H and O–H groups in total. The van der Waals surface area contributed by atoms with Crippen LogP contribution in [0.2, 0.25) is 5.02 Å². The second-order valence-electron chi connectivity index (χ2n) is 4.47. The SMILES string of the molecule is CNC1CCN(Cc2cccc(Cl)c2)CC1.Cl. The molecule has 1 aromatic carbocycles. The molecule has 1 aliphatic heterocycles. The van der Waals surface area contributed by atoms with Crippen LogP contribution in [0.3, 0.4) is 0 Å². The van der Waals surface area contributed by atoms with Gasteiger partial charge in [-0.15, -0.1) is 12.4 Å². The van der Waals surface area contributed by atoms with E-state index in [-0.39, 0.29) is 12.4 Å². The zero-order valence-electron chi connectivity index (χ0n) is 10.2. The van der Waals surface area contributed by atoms with Gasteiger partial charge in [-0.3, -0.25) is 4.90 Å². The highest BCUT2D eigenvalue weighted by Crippen LogP contribution is 2.16. The van der Waals surface area contributed by atoms with Crippen molar-refractivity contribution in [2.45, 2.75) is 25.4 Å². The van der Waals surface area contributed by atoms with Crippen molar-refractivity contribution in [3.05, 3.63) is 34.9 Å². The Labute approximate surface area is 115 Å². The van der Waals surface area contributed by atoms with E-state index in [4.69, 9.17) is 11.6 Å². The first-order valence-electron chi connectivity index (χ1n) is 5.92. The van der Waals surface area contributed by atoms with Crippen LogP contribution < -0.4 is 5.32 Å². The Morgan fingerprint density at radius 3 is 2.65 bits per heavy atom. The van der Waals surface area contributed by atoms with Crippen molar-refractivity contribution in [1.29, 1.82) is 0 Å². The van der Waals surface area contributed by atoms with Crippen molar-refractivity contribution in [1.82, 2.24) is 10.2 Å². The van der Waals surface area contributed by atoms with Crippen molar-refractivity contribution in [3.63, 3.8) is 0 Å². The minimum Gasteiger partial charge on any atom is -0.317 e. The Kier molecular flexibility index (Phi) is 6.28. The number of rotatable bonds is 3. The van der Waals surface area contributed by atoms with Gasteiger partial charge < -0.3 is 5.32 Å². The molecule has 0 aromatic heterocycles. The predicted octanol–water partition coefficient (Wildman–Crippen LogP) is 2.95. The molecule has 0 radical (unpaired) electrons. The number of likely N-dealkylation sites (tertiary alicyclic amines) is 1. The van der Waals surface area contributed by atoms with Crippen LogP contribution >= 0.6 is 24.0 Å². The van der Waals surface area contributed by atoms with E-state index in [2.05, 4.69) is 29.4 Å². The van der Waals surface area contributed by atoms with Gasteiger partial charge in [0.05, 0.1) is 0 Å². The fourth-order valence-corrected chi connectivity index (χ4v) is 2.49. The summed E-state index contributed by atoms with van der Waals surface area (Å²) in [6, 6.07) is 8.87. The van der Waals surface area contributed by atoms with Crippen LogP contribution in [-0.2, 0) is 6.54 Å². The third kappa shape index (κ3) is 4.47. The molecule has 1 fully saturated rings. The molecule has 2 nitrogen and oxygen atoms in total. The second kappa shape index (κ2) is 7.22. The van der Waals surface area contributed by atoms with Gasteiger partial charge in [0.15, 0.2) is 0 Å². The summed E-state index contributed by atoms with van der Waals surface area (Å²) in [5, 5.41) is 4.19. The van der Waals surface area contributed by atoms with Gasteiger partial charge in [0.2, 0.25) is 0 Å². The Hall–Kier alpha value is -0.280. The van der Waals surface area contributed by atoms with Crippen LogP contribution in [0.25, 0.3) is 0 Å². The normalized spacial score (nSPS) is 17.8. The lowest BCUT2D eigenvalue weighted by Gasteiger charge is -2.31. The maximum atomic E-state index is 5.98. The molecule has 1 aliphatic rings. The summed E-state index contributed by atoms with van der Waals surface area (Å²) in [6.45, 7) is 3.38. The predicted molar refractivity (Wildman–Crippen MR) is 76.1 cm³/mol. The Balaban J connectivity index is 0.00000144. The van der Waals surface area contributed by atoms with E-state index in [1.54, 1.807) is 0 Å². The molecule has 0 bridgehead atoms. The molecule has 0 atom stereocenters. The Morgan fingerprint density at radius 2 is 2.06 bits per heavy atom. The van der Waals surface area contributed by atoms with E-state index in [1.165, 1.54) is 31.5 Å². The topological polar surface area (TPSA) is 15.3 Å². The quantitative estimate of drug-likeness (QED) is 0.912. The van der Waals surface area contributed by atoms with Crippen LogP contribution in [0, 0.1) is 0 Å². The molecule has 96 valence electrons. The molecule has 1 saturated heterocycles. The third-order valence-corrected chi connectivity index (χ3v) is 3.53. The van der Waals surface area contributed by atoms with Gasteiger partial charge in [-0.1, -0.05) is 23.7 Å². The largest absolute Gasteiger partial charge is 0.317 e. The number of hydrogen-bond donors (Lipinski definition) is 1. The number of nitrogens with zero attached hydrogens (tertiary/aromatic N) is 1. The summed E-state index contributed by atoms with van der Waals surface area (Å²) in [5.41, 5.74) is 1.32. The number of piperidine rings is 1. The molecule has 0 amide bonds. The average Bonchev–Trinajstić information content (AvgIpc) is 2.30. The van der Waals surface area contributed by atoms with E-state index in [9.17, 15) is 0 Å². The maximum absolute atomic E-state index is 5.98. The van der Waals surface area contributed by atoms with E-state index >= 15 is 0 Å². The number of benzene rings is 1. The fourth-order valence-electron chi connectivity index (χ4n) is 2.27. The molecule has 4 heteroatoms. The van der Waals surface area contributed by atoms with Crippen LogP contribution in [-0.4, -0.2) is 31.1 Å². The molecule has 0 unspecified atom stereocenters. The van der Waals surface area contributed by atoms with E-state index in [0.717, 1.165) is 11.6 Å². The van der Waals surface area contributed by atoms with Gasteiger partial charge in [0, 0.05) is 17.6 Å². The lowest BCUT2D eigenvalue weighted by molar-refractivity contribution is 0.194. The number of nitrogens with one attached hydrogen (secondary N) is 1. The molecule has 0 spiro atoms. The fraction of sp³-hybridized carbons (Fsp3) is 0.538. The summed E-state index contributed by atoms with van der Waals surface area (Å²) in [5.74, 6) is 0. The van der Waals surface area contributed by atoms with E-state index < -0.39 is 0 Å². The van der Waals surface area contributed by atoms with Crippen molar-refractivity contribution in [2.24, 2.45) is 0 Å². The minimum atomic E-state index is 0. The molecule has 0 aliphatic carbocycles. The molecular formula is C13H20Cl2N2. The van der Waals surface area contributed by atoms with E-state index in [1.807, 2.05) is 12.1 Å². The number of halogens is 2. The van der Waals surface area contributed by atoms with E-state index in [0.29, 0.717) is 6.04 Å². The highest BCUT2D eigenvalue weighted by atomic mass is 35.5. The van der Waals surface area contributed by atoms with Crippen LogP contribution in [0.5, 0.6) is 0 Å². The van der Waals surface area contributed by atoms with Gasteiger partial charge in [0.1, 0.15) is 0 Å². The summed E-state index contributed by atoms with van der Waals surface area (Å²) >= 11 is 5.98. The lowest BCUT2D eigenvalue weighted by Crippen LogP contribution is -2.40. The van der Waals surface area contributed by atoms with Crippen molar-refractivity contribution < 1.29 is 0 Å². The second-order valence-corrected chi connectivity index (χ2v) is 4.91. The maximum Gasteiger partial charge on any atom is 0.0409 e. The highest BCUT2D eigenvalue weighted by molar-refractivity contribution is 6.30. The van der Waals surface area contributed by atoms with Gasteiger partial charge in [-0.2, -0.15) is 0 Å². The first-order chi connectivity index (χ1) is 7.78. The average molecular weight is 275 g/mol. The summed E-state index contributed by atoms with van der Waals surface area (Å²) in [7, 11) is 2.05. The smallest absolute Gasteiger partial charge is 0.0409 e. The van der Waals surface area contributed by atoms with Crippen molar-refractivity contribution in [3.8, 4) is 0 Å². The zero-order chi connectivity index (χ0) is 11.4. The minimum absolute atomic E-state index is 0. The van der Waals surface area contributed by atoms with Gasteiger partial charge >= 0.3 is 0 Å². The molecule has 1 heterocycles. The zero-order valence-corrected chi connectivity index (χ0v) is 11.7. The van der Waals surface area contributed by atoms with Crippen molar-refractivity contribution >= 4 is 24.0 Å². The van der Waals surface area contributed by atoms with Gasteiger partial charge in [-0.25, -0.2) is 0 Å². The summed E-state index contributed by atoms with van der Waals surface area (Å²) in [4.78, 5) is 2.50. The molecule has 2 rings (SSSR count). The van der Waals surface area contributed by atoms with Gasteiger partial charge in [0.25, 0.3) is 0 Å². The summed E-state index contributed by atoms with van der Waals surface area (Å²) < 4.78 is 0. The monoisotopic (exact) mass is 274 g/mol. The van der Waals surface area contributed by atoms with Crippen LogP contribution in [0.1, 0.15) is 18.4 Å². The molecule has 17 heavy (non-hydrogen) atoms. The van der Waals surface area contributed by atoms with Gasteiger partial charge in [-0.05, 0) is 50.7 Å². The Morgan fingerprint density at radius 1 is 1.35 bits per heavy atom. The van der Waals surface area contributed by atoms with Crippen LogP contribution in [0.4, 0.5) is 0 Å². The number of hydrogen-bond acceptors (Lipinski definition) is 2. The van der Waals surface area contributed by atoms with Crippen LogP contribution in [0.15, 0.2) is 24.3 Å². The molecule has 0 saturated carbocycles. The Bertz CT molecular complexity index is 336. The summed E-state index contributed by atoms with van der Waals surface area (Å²) in [6.07, 6.45) is 2.49. The molecule has 1 aromatic rings. The third-order valence-electron chi connectivity index (χ3n) is 3.29.